The SMILES string of the molecule is CC(C)(C)c1ccccc1NC(=O)C(=O)N1CCOCC1. The van der Waals surface area contributed by atoms with Crippen molar-refractivity contribution in [2.75, 3.05) is 31.6 Å². The average Bonchev–Trinajstić information content (AvgIpc) is 2.47. The summed E-state index contributed by atoms with van der Waals surface area (Å²) in [4.78, 5) is 25.8. The lowest BCUT2D eigenvalue weighted by Crippen LogP contribution is -2.46. The van der Waals surface area contributed by atoms with E-state index in [2.05, 4.69) is 26.1 Å². The molecule has 0 unspecified atom stereocenters. The molecule has 114 valence electrons. The minimum absolute atomic E-state index is 0.105. The Hall–Kier alpha value is -1.88. The summed E-state index contributed by atoms with van der Waals surface area (Å²) in [6, 6.07) is 7.57. The summed E-state index contributed by atoms with van der Waals surface area (Å²) in [7, 11) is 0. The minimum atomic E-state index is -0.589. The average molecular weight is 290 g/mol. The zero-order valence-corrected chi connectivity index (χ0v) is 12.8. The molecule has 5 nitrogen and oxygen atoms in total. The number of carbonyl (C=O) groups is 2. The van der Waals surface area contributed by atoms with Crippen LogP contribution < -0.4 is 5.32 Å². The maximum absolute atomic E-state index is 12.1. The molecule has 2 amide bonds. The number of anilines is 1. The summed E-state index contributed by atoms with van der Waals surface area (Å²) in [6.45, 7) is 8.11. The Balaban J connectivity index is 2.11. The zero-order valence-electron chi connectivity index (χ0n) is 12.8. The third-order valence-corrected chi connectivity index (χ3v) is 3.48. The number of nitrogens with zero attached hydrogens (tertiary/aromatic N) is 1. The number of hydrogen-bond acceptors (Lipinski definition) is 3. The van der Waals surface area contributed by atoms with Crippen LogP contribution in [0.1, 0.15) is 26.3 Å². The van der Waals surface area contributed by atoms with Crippen LogP contribution in [0, 0.1) is 0 Å². The van der Waals surface area contributed by atoms with Gasteiger partial charge in [0.05, 0.1) is 13.2 Å². The van der Waals surface area contributed by atoms with Gasteiger partial charge in [0.15, 0.2) is 0 Å². The van der Waals surface area contributed by atoms with E-state index in [4.69, 9.17) is 4.74 Å². The van der Waals surface area contributed by atoms with Crippen LogP contribution in [-0.2, 0) is 19.7 Å². The molecule has 0 radical (unpaired) electrons. The maximum Gasteiger partial charge on any atom is 0.313 e. The lowest BCUT2D eigenvalue weighted by molar-refractivity contribution is -0.145. The molecular weight excluding hydrogens is 268 g/mol. The van der Waals surface area contributed by atoms with Crippen LogP contribution in [0.15, 0.2) is 24.3 Å². The van der Waals surface area contributed by atoms with Gasteiger partial charge in [-0.15, -0.1) is 0 Å². The zero-order chi connectivity index (χ0) is 15.5. The van der Waals surface area contributed by atoms with Crippen molar-refractivity contribution in [1.29, 1.82) is 0 Å². The van der Waals surface area contributed by atoms with Crippen LogP contribution >= 0.6 is 0 Å². The summed E-state index contributed by atoms with van der Waals surface area (Å²) in [5.41, 5.74) is 1.59. The van der Waals surface area contributed by atoms with Crippen LogP contribution in [0.3, 0.4) is 0 Å². The Bertz CT molecular complexity index is 529. The number of ether oxygens (including phenoxy) is 1. The Labute approximate surface area is 125 Å². The van der Waals surface area contributed by atoms with Crippen LogP contribution in [0.4, 0.5) is 5.69 Å². The van der Waals surface area contributed by atoms with Gasteiger partial charge in [-0.3, -0.25) is 9.59 Å². The number of para-hydroxylation sites is 1. The predicted octanol–water partition coefficient (Wildman–Crippen LogP) is 1.78. The molecule has 1 aromatic rings. The van der Waals surface area contributed by atoms with Crippen molar-refractivity contribution in [3.05, 3.63) is 29.8 Å². The Morgan fingerprint density at radius 2 is 1.76 bits per heavy atom. The first-order valence-corrected chi connectivity index (χ1v) is 7.17. The molecule has 1 aliphatic rings. The van der Waals surface area contributed by atoms with Gasteiger partial charge in [-0.25, -0.2) is 0 Å². The topological polar surface area (TPSA) is 58.6 Å². The van der Waals surface area contributed by atoms with Crippen molar-refractivity contribution in [3.8, 4) is 0 Å². The number of carbonyl (C=O) groups excluding carboxylic acids is 2. The standard InChI is InChI=1S/C16H22N2O3/c1-16(2,3)12-6-4-5-7-13(12)17-14(19)15(20)18-8-10-21-11-9-18/h4-7H,8-11H2,1-3H3,(H,17,19). The van der Waals surface area contributed by atoms with Crippen LogP contribution in [0.25, 0.3) is 0 Å². The molecule has 0 bridgehead atoms. The lowest BCUT2D eigenvalue weighted by atomic mass is 9.86. The summed E-state index contributed by atoms with van der Waals surface area (Å²) < 4.78 is 5.19. The van der Waals surface area contributed by atoms with E-state index >= 15 is 0 Å². The van der Waals surface area contributed by atoms with Gasteiger partial charge < -0.3 is 15.0 Å². The Morgan fingerprint density at radius 3 is 2.38 bits per heavy atom. The highest BCUT2D eigenvalue weighted by Gasteiger charge is 2.25. The molecule has 2 rings (SSSR count). The van der Waals surface area contributed by atoms with Gasteiger partial charge in [-0.1, -0.05) is 39.0 Å². The molecule has 0 atom stereocenters. The van der Waals surface area contributed by atoms with Gasteiger partial charge in [-0.2, -0.15) is 0 Å². The largest absolute Gasteiger partial charge is 0.378 e. The summed E-state index contributed by atoms with van der Waals surface area (Å²) in [5, 5.41) is 2.74. The summed E-state index contributed by atoms with van der Waals surface area (Å²) in [6.07, 6.45) is 0. The molecule has 0 aromatic heterocycles. The number of nitrogens with one attached hydrogen (secondary N) is 1. The molecule has 0 spiro atoms. The molecule has 1 fully saturated rings. The van der Waals surface area contributed by atoms with Crippen molar-refractivity contribution in [1.82, 2.24) is 4.90 Å². The van der Waals surface area contributed by atoms with Crippen molar-refractivity contribution in [3.63, 3.8) is 0 Å². The van der Waals surface area contributed by atoms with E-state index in [1.807, 2.05) is 24.3 Å². The van der Waals surface area contributed by atoms with Crippen LogP contribution in [-0.4, -0.2) is 43.0 Å². The number of rotatable bonds is 1. The van der Waals surface area contributed by atoms with Crippen molar-refractivity contribution in [2.45, 2.75) is 26.2 Å². The second-order valence-electron chi connectivity index (χ2n) is 6.15. The van der Waals surface area contributed by atoms with Gasteiger partial charge in [-0.05, 0) is 17.0 Å². The second-order valence-corrected chi connectivity index (χ2v) is 6.15. The third-order valence-electron chi connectivity index (χ3n) is 3.48. The van der Waals surface area contributed by atoms with E-state index in [9.17, 15) is 9.59 Å². The Kier molecular flexibility index (Phi) is 4.63. The maximum atomic E-state index is 12.1. The van der Waals surface area contributed by atoms with Crippen molar-refractivity contribution < 1.29 is 14.3 Å². The minimum Gasteiger partial charge on any atom is -0.378 e. The number of benzene rings is 1. The lowest BCUT2D eigenvalue weighted by Gasteiger charge is -2.27. The summed E-state index contributed by atoms with van der Waals surface area (Å²) in [5.74, 6) is -1.09. The van der Waals surface area contributed by atoms with Crippen LogP contribution in [0.5, 0.6) is 0 Å². The van der Waals surface area contributed by atoms with E-state index < -0.39 is 11.8 Å². The van der Waals surface area contributed by atoms with E-state index in [1.54, 1.807) is 0 Å². The molecule has 1 N–H and O–H groups in total. The van der Waals surface area contributed by atoms with E-state index in [1.165, 1.54) is 4.90 Å². The molecule has 21 heavy (non-hydrogen) atoms. The molecule has 1 aliphatic heterocycles. The molecule has 1 heterocycles. The second kappa shape index (κ2) is 6.26. The molecule has 1 saturated heterocycles. The van der Waals surface area contributed by atoms with Gasteiger partial charge >= 0.3 is 11.8 Å². The smallest absolute Gasteiger partial charge is 0.313 e. The molecule has 1 aromatic carbocycles. The van der Waals surface area contributed by atoms with Gasteiger partial charge in [0.25, 0.3) is 0 Å². The molecule has 5 heteroatoms. The van der Waals surface area contributed by atoms with Crippen molar-refractivity contribution in [2.24, 2.45) is 0 Å². The van der Waals surface area contributed by atoms with Gasteiger partial charge in [0, 0.05) is 18.8 Å². The highest BCUT2D eigenvalue weighted by Crippen LogP contribution is 2.29. The number of amides is 2. The molecular formula is C16H22N2O3. The summed E-state index contributed by atoms with van der Waals surface area (Å²) >= 11 is 0. The van der Waals surface area contributed by atoms with Crippen LogP contribution in [0.2, 0.25) is 0 Å². The highest BCUT2D eigenvalue weighted by molar-refractivity contribution is 6.39. The highest BCUT2D eigenvalue weighted by atomic mass is 16.5. The third kappa shape index (κ3) is 3.82. The monoisotopic (exact) mass is 290 g/mol. The van der Waals surface area contributed by atoms with E-state index in [-0.39, 0.29) is 5.41 Å². The van der Waals surface area contributed by atoms with Gasteiger partial charge in [0.2, 0.25) is 0 Å². The van der Waals surface area contributed by atoms with E-state index in [0.717, 1.165) is 5.56 Å². The Morgan fingerprint density at radius 1 is 1.14 bits per heavy atom. The van der Waals surface area contributed by atoms with Crippen molar-refractivity contribution >= 4 is 17.5 Å². The fourth-order valence-corrected chi connectivity index (χ4v) is 2.33. The quantitative estimate of drug-likeness (QED) is 0.802. The molecule has 0 aliphatic carbocycles. The first-order valence-electron chi connectivity index (χ1n) is 7.17. The predicted molar refractivity (Wildman–Crippen MR) is 81.2 cm³/mol. The fraction of sp³-hybridized carbons (Fsp3) is 0.500. The number of hydrogen-bond donors (Lipinski definition) is 1. The van der Waals surface area contributed by atoms with E-state index in [0.29, 0.717) is 32.0 Å². The van der Waals surface area contributed by atoms with Gasteiger partial charge in [0.1, 0.15) is 0 Å². The normalized spacial score (nSPS) is 15.7. The fourth-order valence-electron chi connectivity index (χ4n) is 2.33. The first-order chi connectivity index (χ1) is 9.89. The number of morpholine rings is 1. The molecule has 0 saturated carbocycles. The first kappa shape index (κ1) is 15.5.